The zero-order valence-corrected chi connectivity index (χ0v) is 23.5. The molecular weight excluding hydrogens is 572 g/mol. The van der Waals surface area contributed by atoms with Crippen LogP contribution in [-0.4, -0.2) is 28.4 Å². The van der Waals surface area contributed by atoms with Gasteiger partial charge in [0.15, 0.2) is 0 Å². The van der Waals surface area contributed by atoms with Crippen molar-refractivity contribution in [3.05, 3.63) is 81.7 Å². The minimum absolute atomic E-state index is 0.0488. The minimum Gasteiger partial charge on any atom is -0.340 e. The Morgan fingerprint density at radius 1 is 0.946 bits per heavy atom. The molecule has 0 spiro atoms. The van der Waals surface area contributed by atoms with Crippen molar-refractivity contribution in [3.63, 3.8) is 0 Å². The Morgan fingerprint density at radius 3 is 2.27 bits per heavy atom. The first kappa shape index (κ1) is 25.2. The number of sulfonamides is 1. The van der Waals surface area contributed by atoms with E-state index in [9.17, 15) is 8.42 Å². The molecule has 0 fully saturated rings. The Kier molecular flexibility index (Phi) is 6.93. The van der Waals surface area contributed by atoms with Crippen LogP contribution in [0.4, 0.5) is 17.5 Å². The van der Waals surface area contributed by atoms with E-state index in [-0.39, 0.29) is 10.8 Å². The summed E-state index contributed by atoms with van der Waals surface area (Å²) in [4.78, 5) is 19.6. The number of fused-ring (bicyclic) bond motifs is 1. The fourth-order valence-corrected chi connectivity index (χ4v) is 6.36. The summed E-state index contributed by atoms with van der Waals surface area (Å²) in [6.45, 7) is 5.70. The van der Waals surface area contributed by atoms with E-state index in [0.29, 0.717) is 22.9 Å². The third kappa shape index (κ3) is 5.34. The number of aryl methyl sites for hydroxylation is 3. The second-order valence-electron chi connectivity index (χ2n) is 8.39. The lowest BCUT2D eigenvalue weighted by Gasteiger charge is -2.11. The van der Waals surface area contributed by atoms with Crippen LogP contribution >= 0.6 is 27.3 Å². The zero-order chi connectivity index (χ0) is 26.2. The van der Waals surface area contributed by atoms with Gasteiger partial charge in [0.05, 0.1) is 10.3 Å². The van der Waals surface area contributed by atoms with E-state index in [1.54, 1.807) is 49.7 Å². The zero-order valence-electron chi connectivity index (χ0n) is 20.3. The number of anilines is 3. The van der Waals surface area contributed by atoms with Gasteiger partial charge in [-0.15, -0.1) is 11.3 Å². The van der Waals surface area contributed by atoms with Crippen molar-refractivity contribution in [2.75, 3.05) is 10.0 Å². The summed E-state index contributed by atoms with van der Waals surface area (Å²) in [7, 11) is -3.85. The summed E-state index contributed by atoms with van der Waals surface area (Å²) in [5.74, 6) is 0.712. The monoisotopic (exact) mass is 594 g/mol. The van der Waals surface area contributed by atoms with Gasteiger partial charge in [-0.1, -0.05) is 35.0 Å². The van der Waals surface area contributed by atoms with E-state index in [2.05, 4.69) is 65.0 Å². The molecule has 0 saturated heterocycles. The van der Waals surface area contributed by atoms with Gasteiger partial charge in [-0.3, -0.25) is 0 Å². The van der Waals surface area contributed by atoms with Crippen LogP contribution in [-0.2, 0) is 16.4 Å². The van der Waals surface area contributed by atoms with Crippen molar-refractivity contribution in [3.8, 4) is 11.1 Å². The van der Waals surface area contributed by atoms with Crippen LogP contribution in [0.2, 0.25) is 0 Å². The average molecular weight is 596 g/mol. The van der Waals surface area contributed by atoms with Crippen LogP contribution in [0, 0.1) is 13.8 Å². The van der Waals surface area contributed by atoms with Crippen LogP contribution in [0.15, 0.2) is 70.3 Å². The Bertz CT molecular complexity index is 1680. The third-order valence-electron chi connectivity index (χ3n) is 5.65. The van der Waals surface area contributed by atoms with E-state index in [4.69, 9.17) is 0 Å². The Hall–Kier alpha value is -3.41. The Morgan fingerprint density at radius 2 is 1.62 bits per heavy atom. The highest BCUT2D eigenvalue weighted by Gasteiger charge is 2.19. The van der Waals surface area contributed by atoms with Crippen molar-refractivity contribution in [1.82, 2.24) is 19.9 Å². The maximum Gasteiger partial charge on any atom is 0.264 e. The Labute approximate surface area is 227 Å². The number of thiophene rings is 1. The molecular formula is C26H23BrN6O2S2. The summed E-state index contributed by atoms with van der Waals surface area (Å²) in [5.41, 5.74) is 4.26. The smallest absolute Gasteiger partial charge is 0.264 e. The summed E-state index contributed by atoms with van der Waals surface area (Å²) < 4.78 is 29.3. The summed E-state index contributed by atoms with van der Waals surface area (Å²) in [6, 6.07) is 16.5. The Balaban J connectivity index is 1.46. The first-order valence-electron chi connectivity index (χ1n) is 11.5. The van der Waals surface area contributed by atoms with Crippen LogP contribution < -0.4 is 10.0 Å². The molecule has 37 heavy (non-hydrogen) atoms. The minimum atomic E-state index is -3.85. The summed E-state index contributed by atoms with van der Waals surface area (Å²) >= 11 is 5.16. The summed E-state index contributed by atoms with van der Waals surface area (Å²) in [6.07, 6.45) is 2.41. The van der Waals surface area contributed by atoms with Crippen LogP contribution in [0.3, 0.4) is 0 Å². The number of nitrogens with zero attached hydrogens (tertiary/aromatic N) is 4. The predicted octanol–water partition coefficient (Wildman–Crippen LogP) is 6.63. The second kappa shape index (κ2) is 10.2. The van der Waals surface area contributed by atoms with Gasteiger partial charge in [0, 0.05) is 32.0 Å². The van der Waals surface area contributed by atoms with Gasteiger partial charge in [0.25, 0.3) is 10.0 Å². The molecule has 0 amide bonds. The maximum absolute atomic E-state index is 12.9. The number of halogens is 1. The summed E-state index contributed by atoms with van der Waals surface area (Å²) in [5, 5.41) is 4.30. The van der Waals surface area contributed by atoms with Crippen molar-refractivity contribution < 1.29 is 8.42 Å². The molecule has 0 saturated carbocycles. The van der Waals surface area contributed by atoms with E-state index in [1.807, 2.05) is 12.1 Å². The van der Waals surface area contributed by atoms with E-state index in [1.165, 1.54) is 17.0 Å². The lowest BCUT2D eigenvalue weighted by atomic mass is 10.0. The molecule has 0 aliphatic carbocycles. The first-order valence-corrected chi connectivity index (χ1v) is 14.6. The molecule has 3 aromatic heterocycles. The van der Waals surface area contributed by atoms with Crippen LogP contribution in [0.1, 0.15) is 23.2 Å². The lowest BCUT2D eigenvalue weighted by Crippen LogP contribution is -2.15. The van der Waals surface area contributed by atoms with E-state index in [0.717, 1.165) is 32.2 Å². The molecule has 0 aliphatic heterocycles. The number of rotatable bonds is 7. The second-order valence-corrected chi connectivity index (χ2v) is 12.1. The predicted molar refractivity (Wildman–Crippen MR) is 152 cm³/mol. The van der Waals surface area contributed by atoms with E-state index < -0.39 is 10.0 Å². The highest BCUT2D eigenvalue weighted by Crippen LogP contribution is 2.42. The van der Waals surface area contributed by atoms with Gasteiger partial charge in [0.1, 0.15) is 17.0 Å². The van der Waals surface area contributed by atoms with Crippen molar-refractivity contribution in [1.29, 1.82) is 0 Å². The number of hydrogen-bond donors (Lipinski definition) is 2. The molecule has 0 unspecified atom stereocenters. The van der Waals surface area contributed by atoms with Gasteiger partial charge in [0.2, 0.25) is 5.95 Å². The van der Waals surface area contributed by atoms with Crippen molar-refractivity contribution >= 4 is 65.0 Å². The van der Waals surface area contributed by atoms with Crippen molar-refractivity contribution in [2.24, 2.45) is 0 Å². The fourth-order valence-electron chi connectivity index (χ4n) is 4.05. The molecule has 0 atom stereocenters. The topological polar surface area (TPSA) is 110 Å². The largest absolute Gasteiger partial charge is 0.340 e. The molecule has 0 radical (unpaired) electrons. The lowest BCUT2D eigenvalue weighted by molar-refractivity contribution is 0.601. The van der Waals surface area contributed by atoms with Crippen LogP contribution in [0.25, 0.3) is 21.3 Å². The van der Waals surface area contributed by atoms with Gasteiger partial charge in [-0.05, 0) is 68.3 Å². The van der Waals surface area contributed by atoms with Gasteiger partial charge in [-0.25, -0.2) is 33.1 Å². The number of aromatic nitrogens is 4. The molecule has 2 aromatic carbocycles. The van der Waals surface area contributed by atoms with Gasteiger partial charge in [-0.2, -0.15) is 0 Å². The first-order chi connectivity index (χ1) is 17.7. The van der Waals surface area contributed by atoms with Gasteiger partial charge < -0.3 is 5.32 Å². The van der Waals surface area contributed by atoms with Gasteiger partial charge >= 0.3 is 0 Å². The highest BCUT2D eigenvalue weighted by atomic mass is 79.9. The number of benzene rings is 2. The normalized spacial score (nSPS) is 11.6. The third-order valence-corrected chi connectivity index (χ3v) is 8.77. The number of hydrogen-bond acceptors (Lipinski definition) is 8. The molecule has 0 aliphatic rings. The SMILES string of the molecule is CCc1sc2ncnc(Nc3ccc(S(=O)(=O)Nc4nc(C)cc(C)n4)cc3)c2c1-c1ccc(Br)cc1. The average Bonchev–Trinajstić information content (AvgIpc) is 3.24. The van der Waals surface area contributed by atoms with Crippen LogP contribution in [0.5, 0.6) is 0 Å². The molecule has 5 rings (SSSR count). The molecule has 11 heteroatoms. The quantitative estimate of drug-likeness (QED) is 0.217. The molecule has 3 heterocycles. The standard InChI is InChI=1S/C26H23BrN6O2S2/c1-4-21-22(17-5-7-18(27)8-6-17)23-24(28-14-29-25(23)36-21)32-19-9-11-20(12-10-19)37(34,35)33-26-30-15(2)13-16(3)31-26/h5-14H,4H2,1-3H3,(H,28,29,32)(H,30,31,33). The molecule has 0 bridgehead atoms. The molecule has 5 aromatic rings. The molecule has 8 nitrogen and oxygen atoms in total. The van der Waals surface area contributed by atoms with Crippen molar-refractivity contribution in [2.45, 2.75) is 32.1 Å². The highest BCUT2D eigenvalue weighted by molar-refractivity contribution is 9.10. The molecule has 2 N–H and O–H groups in total. The van der Waals surface area contributed by atoms with E-state index >= 15 is 0 Å². The maximum atomic E-state index is 12.9. The molecule has 188 valence electrons. The fraction of sp³-hybridized carbons (Fsp3) is 0.154. The number of nitrogens with one attached hydrogen (secondary N) is 2.